The molecule has 0 radical (unpaired) electrons. The van der Waals surface area contributed by atoms with Gasteiger partial charge in [0, 0.05) is 6.54 Å². The third-order valence-electron chi connectivity index (χ3n) is 2.33. The molecule has 1 N–H and O–H groups in total. The summed E-state index contributed by atoms with van der Waals surface area (Å²) in [6.45, 7) is 3.23. The second-order valence-electron chi connectivity index (χ2n) is 3.17. The maximum Gasteiger partial charge on any atom is 0.240 e. The molecule has 1 aliphatic heterocycles. The second-order valence-corrected chi connectivity index (χ2v) is 3.17. The molecular formula is C10H16N2O. The van der Waals surface area contributed by atoms with E-state index in [1.54, 1.807) is 6.92 Å². The Morgan fingerprint density at radius 1 is 1.69 bits per heavy atom. The van der Waals surface area contributed by atoms with E-state index in [0.29, 0.717) is 6.54 Å². The molecule has 0 aromatic rings. The average Bonchev–Trinajstić information content (AvgIpc) is 2.16. The molecule has 3 heteroatoms. The molecule has 0 aromatic carbocycles. The summed E-state index contributed by atoms with van der Waals surface area (Å²) in [6, 6.07) is 0.00686. The lowest BCUT2D eigenvalue weighted by Gasteiger charge is -2.30. The number of nitrogens with one attached hydrogen (secondary N) is 1. The van der Waals surface area contributed by atoms with Crippen LogP contribution in [-0.2, 0) is 4.79 Å². The summed E-state index contributed by atoms with van der Waals surface area (Å²) in [5.41, 5.74) is 0. The zero-order valence-electron chi connectivity index (χ0n) is 8.26. The number of carbonyl (C=O) groups is 1. The van der Waals surface area contributed by atoms with Crippen molar-refractivity contribution < 1.29 is 4.79 Å². The number of rotatable bonds is 2. The van der Waals surface area contributed by atoms with Gasteiger partial charge in [-0.15, -0.1) is 5.92 Å². The van der Waals surface area contributed by atoms with Crippen molar-refractivity contribution in [2.45, 2.75) is 25.8 Å². The summed E-state index contributed by atoms with van der Waals surface area (Å²) in [5, 5.41) is 3.02. The van der Waals surface area contributed by atoms with Gasteiger partial charge in [0.1, 0.15) is 0 Å². The number of carbonyl (C=O) groups excluding carboxylic acids is 1. The van der Waals surface area contributed by atoms with Crippen LogP contribution in [0.2, 0.25) is 0 Å². The van der Waals surface area contributed by atoms with E-state index in [9.17, 15) is 4.79 Å². The zero-order chi connectivity index (χ0) is 9.68. The van der Waals surface area contributed by atoms with Crippen molar-refractivity contribution in [1.29, 1.82) is 0 Å². The first-order chi connectivity index (χ1) is 6.29. The molecule has 72 valence electrons. The largest absolute Gasteiger partial charge is 0.330 e. The number of piperidine rings is 1. The Balaban J connectivity index is 2.52. The molecule has 1 fully saturated rings. The predicted molar refractivity (Wildman–Crippen MR) is 52.1 cm³/mol. The minimum Gasteiger partial charge on any atom is -0.330 e. The molecule has 0 aromatic heterocycles. The Bertz CT molecular complexity index is 239. The van der Waals surface area contributed by atoms with E-state index in [1.807, 2.05) is 11.9 Å². The Morgan fingerprint density at radius 2 is 2.46 bits per heavy atom. The molecule has 1 aliphatic rings. The first-order valence-corrected chi connectivity index (χ1v) is 4.65. The third-order valence-corrected chi connectivity index (χ3v) is 2.33. The monoisotopic (exact) mass is 180 g/mol. The Hall–Kier alpha value is -1.01. The number of hydrogen-bond acceptors (Lipinski definition) is 2. The lowest BCUT2D eigenvalue weighted by atomic mass is 10.1. The summed E-state index contributed by atoms with van der Waals surface area (Å²) in [4.78, 5) is 13.5. The zero-order valence-corrected chi connectivity index (χ0v) is 8.26. The van der Waals surface area contributed by atoms with E-state index in [0.717, 1.165) is 19.4 Å². The number of nitrogens with zero attached hydrogens (tertiary/aromatic N) is 1. The fraction of sp³-hybridized carbons (Fsp3) is 0.700. The molecule has 1 unspecified atom stereocenters. The van der Waals surface area contributed by atoms with Crippen LogP contribution in [0.3, 0.4) is 0 Å². The maximum atomic E-state index is 11.7. The summed E-state index contributed by atoms with van der Waals surface area (Å²) in [5.74, 6) is 5.92. The van der Waals surface area contributed by atoms with E-state index < -0.39 is 0 Å². The van der Waals surface area contributed by atoms with E-state index in [-0.39, 0.29) is 11.9 Å². The molecule has 0 aliphatic carbocycles. The van der Waals surface area contributed by atoms with Crippen molar-refractivity contribution in [2.24, 2.45) is 0 Å². The molecule has 1 saturated heterocycles. The van der Waals surface area contributed by atoms with Gasteiger partial charge in [0.15, 0.2) is 0 Å². The molecule has 0 bridgehead atoms. The molecule has 0 saturated carbocycles. The molecule has 1 amide bonds. The van der Waals surface area contributed by atoms with Crippen molar-refractivity contribution in [1.82, 2.24) is 10.2 Å². The van der Waals surface area contributed by atoms with Crippen LogP contribution in [0.1, 0.15) is 19.8 Å². The van der Waals surface area contributed by atoms with Crippen LogP contribution in [0, 0.1) is 11.8 Å². The fourth-order valence-electron chi connectivity index (χ4n) is 1.54. The molecule has 1 heterocycles. The highest BCUT2D eigenvalue weighted by molar-refractivity contribution is 5.82. The first kappa shape index (κ1) is 10.1. The van der Waals surface area contributed by atoms with Gasteiger partial charge >= 0.3 is 0 Å². The van der Waals surface area contributed by atoms with Crippen molar-refractivity contribution in [3.8, 4) is 11.8 Å². The summed E-state index contributed by atoms with van der Waals surface area (Å²) in [6.07, 6.45) is 2.02. The molecule has 13 heavy (non-hydrogen) atoms. The standard InChI is InChI=1S/C10H16N2O/c1-3-4-7-12-8-5-6-9(11-2)10(12)13/h9,11H,5-8H2,1-2H3. The number of likely N-dealkylation sites (N-methyl/N-ethyl adjacent to an activating group) is 1. The summed E-state index contributed by atoms with van der Waals surface area (Å²) in [7, 11) is 1.83. The van der Waals surface area contributed by atoms with E-state index in [1.165, 1.54) is 0 Å². The van der Waals surface area contributed by atoms with Gasteiger partial charge in [0.2, 0.25) is 5.91 Å². The van der Waals surface area contributed by atoms with Crippen molar-refractivity contribution >= 4 is 5.91 Å². The highest BCUT2D eigenvalue weighted by atomic mass is 16.2. The van der Waals surface area contributed by atoms with Crippen molar-refractivity contribution in [3.63, 3.8) is 0 Å². The Kier molecular flexibility index (Phi) is 3.78. The topological polar surface area (TPSA) is 32.3 Å². The van der Waals surface area contributed by atoms with E-state index >= 15 is 0 Å². The van der Waals surface area contributed by atoms with Crippen LogP contribution in [0.15, 0.2) is 0 Å². The first-order valence-electron chi connectivity index (χ1n) is 4.65. The van der Waals surface area contributed by atoms with Crippen molar-refractivity contribution in [2.75, 3.05) is 20.1 Å². The van der Waals surface area contributed by atoms with Crippen LogP contribution >= 0.6 is 0 Å². The predicted octanol–water partition coefficient (Wildman–Crippen LogP) is 0.220. The van der Waals surface area contributed by atoms with Crippen LogP contribution in [0.4, 0.5) is 0 Å². The van der Waals surface area contributed by atoms with Gasteiger partial charge in [-0.05, 0) is 26.8 Å². The number of amides is 1. The Morgan fingerprint density at radius 3 is 3.08 bits per heavy atom. The van der Waals surface area contributed by atoms with Crippen LogP contribution in [0.25, 0.3) is 0 Å². The average molecular weight is 180 g/mol. The third kappa shape index (κ3) is 2.46. The fourth-order valence-corrected chi connectivity index (χ4v) is 1.54. The maximum absolute atomic E-state index is 11.7. The highest BCUT2D eigenvalue weighted by Gasteiger charge is 2.26. The highest BCUT2D eigenvalue weighted by Crippen LogP contribution is 2.10. The molecule has 1 atom stereocenters. The smallest absolute Gasteiger partial charge is 0.240 e. The normalized spacial score (nSPS) is 22.5. The Labute approximate surface area is 79.5 Å². The van der Waals surface area contributed by atoms with Gasteiger partial charge in [-0.3, -0.25) is 4.79 Å². The van der Waals surface area contributed by atoms with E-state index in [2.05, 4.69) is 17.2 Å². The second kappa shape index (κ2) is 4.88. The lowest BCUT2D eigenvalue weighted by molar-refractivity contribution is -0.135. The van der Waals surface area contributed by atoms with Gasteiger partial charge in [-0.2, -0.15) is 0 Å². The lowest BCUT2D eigenvalue weighted by Crippen LogP contribution is -2.49. The van der Waals surface area contributed by atoms with Crippen LogP contribution in [-0.4, -0.2) is 37.0 Å². The summed E-state index contributed by atoms with van der Waals surface area (Å²) >= 11 is 0. The van der Waals surface area contributed by atoms with Gasteiger partial charge in [0.25, 0.3) is 0 Å². The quantitative estimate of drug-likeness (QED) is 0.617. The number of likely N-dealkylation sites (tertiary alicyclic amines) is 1. The number of hydrogen-bond donors (Lipinski definition) is 1. The van der Waals surface area contributed by atoms with Gasteiger partial charge in [-0.25, -0.2) is 0 Å². The molecule has 1 rings (SSSR count). The van der Waals surface area contributed by atoms with Gasteiger partial charge < -0.3 is 10.2 Å². The van der Waals surface area contributed by atoms with Crippen LogP contribution < -0.4 is 5.32 Å². The molecule has 0 spiro atoms. The minimum atomic E-state index is 0.00686. The molecule has 3 nitrogen and oxygen atoms in total. The SMILES string of the molecule is CC#CCN1CCCC(NC)C1=O. The molecular weight excluding hydrogens is 164 g/mol. The minimum absolute atomic E-state index is 0.00686. The van der Waals surface area contributed by atoms with Crippen molar-refractivity contribution in [3.05, 3.63) is 0 Å². The van der Waals surface area contributed by atoms with Gasteiger partial charge in [-0.1, -0.05) is 5.92 Å². The van der Waals surface area contributed by atoms with Gasteiger partial charge in [0.05, 0.1) is 12.6 Å². The van der Waals surface area contributed by atoms with E-state index in [4.69, 9.17) is 0 Å². The van der Waals surface area contributed by atoms with Crippen LogP contribution in [0.5, 0.6) is 0 Å². The summed E-state index contributed by atoms with van der Waals surface area (Å²) < 4.78 is 0.